The van der Waals surface area contributed by atoms with Gasteiger partial charge in [-0.3, -0.25) is 4.79 Å². The minimum absolute atomic E-state index is 0.215. The van der Waals surface area contributed by atoms with Gasteiger partial charge in [-0.1, -0.05) is 26.0 Å². The first-order valence-corrected chi connectivity index (χ1v) is 7.51. The van der Waals surface area contributed by atoms with E-state index in [9.17, 15) is 4.79 Å². The molecule has 1 aromatic rings. The third-order valence-corrected chi connectivity index (χ3v) is 3.47. The van der Waals surface area contributed by atoms with Crippen LogP contribution in [0.15, 0.2) is 24.3 Å². The Kier molecular flexibility index (Phi) is 7.83. The summed E-state index contributed by atoms with van der Waals surface area (Å²) in [5.74, 6) is 1.14. The van der Waals surface area contributed by atoms with E-state index in [4.69, 9.17) is 9.47 Å². The highest BCUT2D eigenvalue weighted by Gasteiger charge is 2.07. The van der Waals surface area contributed by atoms with E-state index in [0.29, 0.717) is 25.4 Å². The topological polar surface area (TPSA) is 44.8 Å². The van der Waals surface area contributed by atoms with Crippen LogP contribution < -0.4 is 4.74 Å². The highest BCUT2D eigenvalue weighted by molar-refractivity contribution is 5.68. The summed E-state index contributed by atoms with van der Waals surface area (Å²) in [6.45, 7) is 6.71. The number of ether oxygens (including phenoxy) is 3. The average molecular weight is 294 g/mol. The van der Waals surface area contributed by atoms with Crippen molar-refractivity contribution in [3.8, 4) is 5.75 Å². The Morgan fingerprint density at radius 3 is 2.43 bits per heavy atom. The summed E-state index contributed by atoms with van der Waals surface area (Å²) in [7, 11) is 1.39. The average Bonchev–Trinajstić information content (AvgIpc) is 2.51. The standard InChI is InChI=1S/C17H26O4/c1-5-13(2)15-8-10-16(11-9-15)21-14(3)20-12-6-7-17(18)19-4/h8-11,13-14H,5-7,12H2,1-4H3. The molecule has 2 unspecified atom stereocenters. The molecule has 21 heavy (non-hydrogen) atoms. The van der Waals surface area contributed by atoms with E-state index in [1.165, 1.54) is 12.7 Å². The van der Waals surface area contributed by atoms with Crippen molar-refractivity contribution in [3.05, 3.63) is 29.8 Å². The van der Waals surface area contributed by atoms with E-state index in [-0.39, 0.29) is 12.3 Å². The molecule has 0 aliphatic rings. The van der Waals surface area contributed by atoms with E-state index in [0.717, 1.165) is 12.2 Å². The molecule has 0 heterocycles. The summed E-state index contributed by atoms with van der Waals surface area (Å²) in [5.41, 5.74) is 1.32. The zero-order valence-corrected chi connectivity index (χ0v) is 13.4. The maximum absolute atomic E-state index is 11.0. The van der Waals surface area contributed by atoms with Crippen LogP contribution in [-0.2, 0) is 14.3 Å². The number of carbonyl (C=O) groups is 1. The molecule has 2 atom stereocenters. The first-order valence-electron chi connectivity index (χ1n) is 7.51. The smallest absolute Gasteiger partial charge is 0.305 e. The van der Waals surface area contributed by atoms with Crippen LogP contribution in [0.25, 0.3) is 0 Å². The van der Waals surface area contributed by atoms with Crippen molar-refractivity contribution < 1.29 is 19.0 Å². The van der Waals surface area contributed by atoms with Gasteiger partial charge in [0.1, 0.15) is 5.75 Å². The maximum atomic E-state index is 11.0. The molecule has 0 spiro atoms. The van der Waals surface area contributed by atoms with Crippen LogP contribution >= 0.6 is 0 Å². The second-order valence-corrected chi connectivity index (χ2v) is 5.11. The van der Waals surface area contributed by atoms with Crippen molar-refractivity contribution in [3.63, 3.8) is 0 Å². The molecular weight excluding hydrogens is 268 g/mol. The van der Waals surface area contributed by atoms with Gasteiger partial charge in [-0.05, 0) is 43.4 Å². The van der Waals surface area contributed by atoms with Gasteiger partial charge in [-0.25, -0.2) is 0 Å². The van der Waals surface area contributed by atoms with E-state index in [1.54, 1.807) is 0 Å². The van der Waals surface area contributed by atoms with Crippen LogP contribution in [0.1, 0.15) is 51.5 Å². The van der Waals surface area contributed by atoms with Crippen LogP contribution in [-0.4, -0.2) is 26.0 Å². The molecule has 0 radical (unpaired) electrons. The van der Waals surface area contributed by atoms with Gasteiger partial charge in [0, 0.05) is 6.42 Å². The predicted octanol–water partition coefficient (Wildman–Crippen LogP) is 3.89. The number of esters is 1. The number of hydrogen-bond acceptors (Lipinski definition) is 4. The fraction of sp³-hybridized carbons (Fsp3) is 0.588. The molecule has 0 aliphatic heterocycles. The third-order valence-electron chi connectivity index (χ3n) is 3.47. The minimum atomic E-state index is -0.336. The van der Waals surface area contributed by atoms with Crippen molar-refractivity contribution in [2.24, 2.45) is 0 Å². The van der Waals surface area contributed by atoms with Crippen LogP contribution in [0.5, 0.6) is 5.75 Å². The largest absolute Gasteiger partial charge is 0.469 e. The van der Waals surface area contributed by atoms with Gasteiger partial charge >= 0.3 is 5.97 Å². The zero-order chi connectivity index (χ0) is 15.7. The Hall–Kier alpha value is -1.55. The fourth-order valence-corrected chi connectivity index (χ4v) is 1.90. The SMILES string of the molecule is CCC(C)c1ccc(OC(C)OCCCC(=O)OC)cc1. The Balaban J connectivity index is 2.31. The lowest BCUT2D eigenvalue weighted by Gasteiger charge is -2.16. The highest BCUT2D eigenvalue weighted by atomic mass is 16.7. The highest BCUT2D eigenvalue weighted by Crippen LogP contribution is 2.22. The number of hydrogen-bond donors (Lipinski definition) is 0. The van der Waals surface area contributed by atoms with Crippen molar-refractivity contribution in [1.29, 1.82) is 0 Å². The molecule has 118 valence electrons. The first-order chi connectivity index (χ1) is 10.1. The monoisotopic (exact) mass is 294 g/mol. The van der Waals surface area contributed by atoms with Crippen LogP contribution in [0.2, 0.25) is 0 Å². The van der Waals surface area contributed by atoms with Crippen LogP contribution in [0.3, 0.4) is 0 Å². The molecule has 0 aromatic heterocycles. The summed E-state index contributed by atoms with van der Waals surface area (Å²) in [4.78, 5) is 11.0. The van der Waals surface area contributed by atoms with E-state index in [2.05, 4.69) is 30.7 Å². The molecule has 1 rings (SSSR count). The van der Waals surface area contributed by atoms with Gasteiger partial charge in [0.15, 0.2) is 6.29 Å². The van der Waals surface area contributed by atoms with Crippen molar-refractivity contribution in [2.75, 3.05) is 13.7 Å². The lowest BCUT2D eigenvalue weighted by Crippen LogP contribution is -2.17. The fourth-order valence-electron chi connectivity index (χ4n) is 1.90. The van der Waals surface area contributed by atoms with Crippen LogP contribution in [0.4, 0.5) is 0 Å². The van der Waals surface area contributed by atoms with E-state index in [1.807, 2.05) is 19.1 Å². The summed E-state index contributed by atoms with van der Waals surface area (Å²) >= 11 is 0. The van der Waals surface area contributed by atoms with Crippen molar-refractivity contribution >= 4 is 5.97 Å². The summed E-state index contributed by atoms with van der Waals surface area (Å²) in [6.07, 6.45) is 1.79. The van der Waals surface area contributed by atoms with Crippen molar-refractivity contribution in [1.82, 2.24) is 0 Å². The zero-order valence-electron chi connectivity index (χ0n) is 13.4. The van der Waals surface area contributed by atoms with Crippen molar-refractivity contribution in [2.45, 2.75) is 52.2 Å². The molecule has 1 aromatic carbocycles. The number of rotatable bonds is 9. The molecule has 0 saturated heterocycles. The lowest BCUT2D eigenvalue weighted by atomic mass is 9.99. The number of benzene rings is 1. The van der Waals surface area contributed by atoms with Gasteiger partial charge in [-0.15, -0.1) is 0 Å². The molecule has 0 aliphatic carbocycles. The van der Waals surface area contributed by atoms with Gasteiger partial charge < -0.3 is 14.2 Å². The lowest BCUT2D eigenvalue weighted by molar-refractivity contribution is -0.141. The van der Waals surface area contributed by atoms with Crippen LogP contribution in [0, 0.1) is 0 Å². The van der Waals surface area contributed by atoms with E-state index < -0.39 is 0 Å². The van der Waals surface area contributed by atoms with E-state index >= 15 is 0 Å². The number of carbonyl (C=O) groups excluding carboxylic acids is 1. The molecule has 0 amide bonds. The Morgan fingerprint density at radius 2 is 1.86 bits per heavy atom. The molecule has 0 fully saturated rings. The third kappa shape index (κ3) is 6.63. The second-order valence-electron chi connectivity index (χ2n) is 5.11. The summed E-state index contributed by atoms with van der Waals surface area (Å²) in [5, 5.41) is 0. The minimum Gasteiger partial charge on any atom is -0.469 e. The quantitative estimate of drug-likeness (QED) is 0.394. The van der Waals surface area contributed by atoms with Gasteiger partial charge in [0.05, 0.1) is 13.7 Å². The second kappa shape index (κ2) is 9.40. The molecule has 0 bridgehead atoms. The normalized spacial score (nSPS) is 13.5. The first kappa shape index (κ1) is 17.5. The molecule has 4 nitrogen and oxygen atoms in total. The molecule has 0 saturated carbocycles. The molecule has 4 heteroatoms. The molecule has 0 N–H and O–H groups in total. The Bertz CT molecular complexity index is 413. The van der Waals surface area contributed by atoms with Gasteiger partial charge in [0.2, 0.25) is 0 Å². The Morgan fingerprint density at radius 1 is 1.19 bits per heavy atom. The Labute approximate surface area is 127 Å². The predicted molar refractivity (Wildman–Crippen MR) is 82.4 cm³/mol. The van der Waals surface area contributed by atoms with Gasteiger partial charge in [-0.2, -0.15) is 0 Å². The maximum Gasteiger partial charge on any atom is 0.305 e. The molecular formula is C17H26O4. The number of methoxy groups -OCH3 is 1. The summed E-state index contributed by atoms with van der Waals surface area (Å²) < 4.78 is 15.8. The summed E-state index contributed by atoms with van der Waals surface area (Å²) in [6, 6.07) is 8.12. The van der Waals surface area contributed by atoms with Gasteiger partial charge in [0.25, 0.3) is 0 Å².